The highest BCUT2D eigenvalue weighted by atomic mass is 32.1. The molecule has 2 nitrogen and oxygen atoms in total. The minimum absolute atomic E-state index is 0.931. The van der Waals surface area contributed by atoms with Crippen molar-refractivity contribution in [3.63, 3.8) is 0 Å². The molecule has 3 aromatic heterocycles. The smallest absolute Gasteiger partial charge is 0.0972 e. The first-order valence-corrected chi connectivity index (χ1v) is 18.9. The zero-order valence-corrected chi connectivity index (χ0v) is 29.3. The average molecular weight is 689 g/mol. The Balaban J connectivity index is 1.14. The van der Waals surface area contributed by atoms with Crippen LogP contribution in [0.5, 0.6) is 0 Å². The second kappa shape index (κ2) is 10.9. The van der Waals surface area contributed by atoms with Gasteiger partial charge >= 0.3 is 0 Å². The SMILES string of the molecule is c1cnc2c(c1)ccc1ccc(-c3c4ccccc4c(-c4ccc5sc6c(ccc7c8ccccc8c8ccccc8c76)c5c4)c4ccccc34)nc12. The van der Waals surface area contributed by atoms with Crippen LogP contribution in [0.2, 0.25) is 0 Å². The van der Waals surface area contributed by atoms with Gasteiger partial charge in [0.2, 0.25) is 0 Å². The molecule has 0 aliphatic rings. The number of nitrogens with zero attached hydrogens (tertiary/aromatic N) is 2. The van der Waals surface area contributed by atoms with E-state index in [1.54, 1.807) is 0 Å². The number of thiophene rings is 1. The lowest BCUT2D eigenvalue weighted by atomic mass is 9.86. The molecule has 244 valence electrons. The van der Waals surface area contributed by atoms with E-state index in [2.05, 4.69) is 158 Å². The largest absolute Gasteiger partial charge is 0.254 e. The zero-order chi connectivity index (χ0) is 34.6. The van der Waals surface area contributed by atoms with Crippen molar-refractivity contribution >= 4 is 107 Å². The third-order valence-electron chi connectivity index (χ3n) is 11.3. The summed E-state index contributed by atoms with van der Waals surface area (Å²) in [5, 5.41) is 17.6. The van der Waals surface area contributed by atoms with Gasteiger partial charge in [-0.2, -0.15) is 0 Å². The summed E-state index contributed by atoms with van der Waals surface area (Å²) >= 11 is 1.91. The van der Waals surface area contributed by atoms with E-state index in [0.29, 0.717) is 0 Å². The van der Waals surface area contributed by atoms with Crippen molar-refractivity contribution in [1.29, 1.82) is 0 Å². The molecule has 53 heavy (non-hydrogen) atoms. The number of benzene rings is 9. The summed E-state index contributed by atoms with van der Waals surface area (Å²) in [7, 11) is 0. The molecule has 0 unspecified atom stereocenters. The van der Waals surface area contributed by atoms with Gasteiger partial charge in [0, 0.05) is 48.1 Å². The number of aromatic nitrogens is 2. The Morgan fingerprint density at radius 1 is 0.377 bits per heavy atom. The topological polar surface area (TPSA) is 25.8 Å². The van der Waals surface area contributed by atoms with E-state index in [9.17, 15) is 0 Å². The molecule has 0 N–H and O–H groups in total. The van der Waals surface area contributed by atoms with Gasteiger partial charge in [0.1, 0.15) is 0 Å². The molecule has 12 rings (SSSR count). The summed E-state index contributed by atoms with van der Waals surface area (Å²) in [4.78, 5) is 10.1. The van der Waals surface area contributed by atoms with E-state index < -0.39 is 0 Å². The fraction of sp³-hybridized carbons (Fsp3) is 0. The van der Waals surface area contributed by atoms with Gasteiger partial charge in [-0.25, -0.2) is 4.98 Å². The quantitative estimate of drug-likeness (QED) is 0.133. The van der Waals surface area contributed by atoms with Gasteiger partial charge in [0.05, 0.1) is 16.7 Å². The Kier molecular flexibility index (Phi) is 5.96. The summed E-state index contributed by atoms with van der Waals surface area (Å²) < 4.78 is 2.66. The molecule has 0 amide bonds. The number of hydrogen-bond donors (Lipinski definition) is 0. The molecular formula is C50H28N2S. The second-order valence-electron chi connectivity index (χ2n) is 14.0. The molecule has 0 bridgehead atoms. The van der Waals surface area contributed by atoms with Crippen LogP contribution in [0.4, 0.5) is 0 Å². The summed E-state index contributed by atoms with van der Waals surface area (Å²) in [6.07, 6.45) is 1.86. The van der Waals surface area contributed by atoms with E-state index in [1.807, 2.05) is 23.6 Å². The van der Waals surface area contributed by atoms with Crippen LogP contribution in [-0.4, -0.2) is 9.97 Å². The molecule has 0 fully saturated rings. The van der Waals surface area contributed by atoms with Crippen LogP contribution in [0.25, 0.3) is 118 Å². The molecule has 0 spiro atoms. The van der Waals surface area contributed by atoms with E-state index in [-0.39, 0.29) is 0 Å². The number of rotatable bonds is 2. The predicted octanol–water partition coefficient (Wildman–Crippen LogP) is 14.3. The molecule has 0 atom stereocenters. The number of pyridine rings is 2. The lowest BCUT2D eigenvalue weighted by Gasteiger charge is -2.17. The molecule has 0 aliphatic carbocycles. The number of hydrogen-bond acceptors (Lipinski definition) is 3. The van der Waals surface area contributed by atoms with Crippen LogP contribution in [0.15, 0.2) is 170 Å². The fourth-order valence-electron chi connectivity index (χ4n) is 8.95. The van der Waals surface area contributed by atoms with Crippen LogP contribution in [0.3, 0.4) is 0 Å². The van der Waals surface area contributed by atoms with Crippen LogP contribution < -0.4 is 0 Å². The van der Waals surface area contributed by atoms with Gasteiger partial charge in [-0.3, -0.25) is 4.98 Å². The van der Waals surface area contributed by atoms with E-state index >= 15 is 0 Å². The first kappa shape index (κ1) is 29.0. The summed E-state index contributed by atoms with van der Waals surface area (Å²) in [5.41, 5.74) is 6.46. The fourth-order valence-corrected chi connectivity index (χ4v) is 10.2. The third-order valence-corrected chi connectivity index (χ3v) is 12.5. The molecule has 0 saturated heterocycles. The average Bonchev–Trinajstić information content (AvgIpc) is 3.60. The Labute approximate surface area is 308 Å². The van der Waals surface area contributed by atoms with Gasteiger partial charge in [-0.1, -0.05) is 140 Å². The minimum atomic E-state index is 0.931. The van der Waals surface area contributed by atoms with Crippen LogP contribution in [0, 0.1) is 0 Å². The lowest BCUT2D eigenvalue weighted by Crippen LogP contribution is -1.93. The third kappa shape index (κ3) is 4.08. The molecule has 3 heteroatoms. The highest BCUT2D eigenvalue weighted by molar-refractivity contribution is 7.26. The van der Waals surface area contributed by atoms with Gasteiger partial charge < -0.3 is 0 Å². The molecule has 12 aromatic rings. The molecule has 3 heterocycles. The molecule has 9 aromatic carbocycles. The molecule has 0 saturated carbocycles. The van der Waals surface area contributed by atoms with Crippen LogP contribution in [0.1, 0.15) is 0 Å². The van der Waals surface area contributed by atoms with E-state index in [0.717, 1.165) is 33.1 Å². The monoisotopic (exact) mass is 688 g/mol. The predicted molar refractivity (Wildman–Crippen MR) is 228 cm³/mol. The maximum Gasteiger partial charge on any atom is 0.0972 e. The Hall–Kier alpha value is -6.68. The van der Waals surface area contributed by atoms with Gasteiger partial charge in [0.25, 0.3) is 0 Å². The first-order chi connectivity index (χ1) is 26.3. The van der Waals surface area contributed by atoms with Gasteiger partial charge in [-0.15, -0.1) is 11.3 Å². The zero-order valence-electron chi connectivity index (χ0n) is 28.5. The lowest BCUT2D eigenvalue weighted by molar-refractivity contribution is 1.38. The minimum Gasteiger partial charge on any atom is -0.254 e. The summed E-state index contributed by atoms with van der Waals surface area (Å²) in [6, 6.07) is 60.0. The Bertz CT molecular complexity index is 3430. The normalized spacial score (nSPS) is 12.2. The van der Waals surface area contributed by atoms with Crippen molar-refractivity contribution in [2.45, 2.75) is 0 Å². The highest BCUT2D eigenvalue weighted by Crippen LogP contribution is 2.48. The molecular weight excluding hydrogens is 661 g/mol. The van der Waals surface area contributed by atoms with Crippen LogP contribution in [-0.2, 0) is 0 Å². The molecule has 0 aliphatic heterocycles. The standard InChI is InChI=1S/C50H28N2S/c1-2-13-34-32(11-1)33-12-3-4-14-35(33)47-40(34)23-24-41-42-28-31(22-26-44(42)53-50(41)47)45-36-15-5-7-17-38(36)46(39-18-8-6-16-37(39)45)43-25-21-30-20-19-29-10-9-27-51-48(29)49(30)52-43/h1-28H. The highest BCUT2D eigenvalue weighted by Gasteiger charge is 2.20. The van der Waals surface area contributed by atoms with Crippen LogP contribution >= 0.6 is 11.3 Å². The van der Waals surface area contributed by atoms with Crippen molar-refractivity contribution in [1.82, 2.24) is 9.97 Å². The van der Waals surface area contributed by atoms with Crippen molar-refractivity contribution in [3.05, 3.63) is 170 Å². The number of fused-ring (bicyclic) bond motifs is 15. The Morgan fingerprint density at radius 2 is 0.925 bits per heavy atom. The maximum absolute atomic E-state index is 5.35. The Morgan fingerprint density at radius 3 is 1.62 bits per heavy atom. The van der Waals surface area contributed by atoms with Crippen molar-refractivity contribution in [2.75, 3.05) is 0 Å². The second-order valence-corrected chi connectivity index (χ2v) is 15.1. The van der Waals surface area contributed by atoms with Crippen molar-refractivity contribution in [3.8, 4) is 22.4 Å². The van der Waals surface area contributed by atoms with Gasteiger partial charge in [0.15, 0.2) is 0 Å². The van der Waals surface area contributed by atoms with Gasteiger partial charge in [-0.05, 0) is 83.9 Å². The van der Waals surface area contributed by atoms with E-state index in [4.69, 9.17) is 9.97 Å². The maximum atomic E-state index is 5.35. The molecule has 0 radical (unpaired) electrons. The summed E-state index contributed by atoms with van der Waals surface area (Å²) in [5.74, 6) is 0. The first-order valence-electron chi connectivity index (χ1n) is 18.1. The van der Waals surface area contributed by atoms with E-state index in [1.165, 1.54) is 85.2 Å². The van der Waals surface area contributed by atoms with Crippen molar-refractivity contribution < 1.29 is 0 Å². The van der Waals surface area contributed by atoms with Crippen molar-refractivity contribution in [2.24, 2.45) is 0 Å². The summed E-state index contributed by atoms with van der Waals surface area (Å²) in [6.45, 7) is 0.